The van der Waals surface area contributed by atoms with Crippen LogP contribution in [0.4, 0.5) is 5.69 Å². The first kappa shape index (κ1) is 15.1. The van der Waals surface area contributed by atoms with E-state index in [9.17, 15) is 19.7 Å². The van der Waals surface area contributed by atoms with E-state index in [1.54, 1.807) is 6.07 Å². The van der Waals surface area contributed by atoms with Gasteiger partial charge in [0.1, 0.15) is 10.9 Å². The number of thioether (sulfide) groups is 1. The average Bonchev–Trinajstić information content (AvgIpc) is 2.66. The van der Waals surface area contributed by atoms with Crippen molar-refractivity contribution in [2.24, 2.45) is 0 Å². The summed E-state index contributed by atoms with van der Waals surface area (Å²) in [4.78, 5) is 34.1. The molecule has 0 radical (unpaired) electrons. The zero-order chi connectivity index (χ0) is 15.6. The lowest BCUT2D eigenvalue weighted by atomic mass is 10.2. The molecule has 0 aromatic heterocycles. The molecule has 108 valence electrons. The summed E-state index contributed by atoms with van der Waals surface area (Å²) in [6, 6.07) is 5.77. The van der Waals surface area contributed by atoms with Gasteiger partial charge in [0.05, 0.1) is 9.83 Å². The van der Waals surface area contributed by atoms with Crippen molar-refractivity contribution in [2.75, 3.05) is 6.54 Å². The van der Waals surface area contributed by atoms with E-state index in [0.29, 0.717) is 5.56 Å². The number of benzene rings is 1. The van der Waals surface area contributed by atoms with Gasteiger partial charge in [-0.3, -0.25) is 24.6 Å². The molecule has 7 nitrogen and oxygen atoms in total. The summed E-state index contributed by atoms with van der Waals surface area (Å²) in [5, 5.41) is 19.4. The van der Waals surface area contributed by atoms with E-state index in [2.05, 4.69) is 0 Å². The predicted octanol–water partition coefficient (Wildman–Crippen LogP) is 1.88. The first-order chi connectivity index (χ1) is 9.88. The molecule has 1 saturated heterocycles. The third-order valence-corrected chi connectivity index (χ3v) is 3.92. The van der Waals surface area contributed by atoms with Crippen LogP contribution in [0.25, 0.3) is 6.08 Å². The van der Waals surface area contributed by atoms with Gasteiger partial charge < -0.3 is 5.11 Å². The van der Waals surface area contributed by atoms with Gasteiger partial charge in [0.2, 0.25) is 0 Å². The molecule has 1 aliphatic heterocycles. The molecule has 0 saturated carbocycles. The lowest BCUT2D eigenvalue weighted by Crippen LogP contribution is -2.33. The summed E-state index contributed by atoms with van der Waals surface area (Å²) in [5.74, 6) is -1.68. The van der Waals surface area contributed by atoms with Crippen LogP contribution < -0.4 is 0 Å². The minimum Gasteiger partial charge on any atom is -0.480 e. The molecule has 1 aromatic carbocycles. The Morgan fingerprint density at radius 3 is 2.86 bits per heavy atom. The molecule has 1 amide bonds. The van der Waals surface area contributed by atoms with Gasteiger partial charge in [-0.05, 0) is 11.6 Å². The number of aliphatic carboxylic acids is 1. The normalized spacial score (nSPS) is 16.6. The number of carbonyl (C=O) groups is 2. The Kier molecular flexibility index (Phi) is 4.34. The van der Waals surface area contributed by atoms with Crippen LogP contribution in [-0.2, 0) is 9.59 Å². The van der Waals surface area contributed by atoms with Gasteiger partial charge >= 0.3 is 5.97 Å². The number of amides is 1. The summed E-state index contributed by atoms with van der Waals surface area (Å²) in [5.41, 5.74) is 0.379. The standard InChI is InChI=1S/C12H8N2O5S2/c15-10(16)6-13-11(17)9(21-12(13)20)5-7-2-1-3-8(4-7)14(18)19/h1-5H,6H2,(H,15,16)/b9-5+. The van der Waals surface area contributed by atoms with E-state index in [1.807, 2.05) is 0 Å². The second kappa shape index (κ2) is 6.02. The minimum atomic E-state index is -1.16. The SMILES string of the molecule is O=C(O)CN1C(=O)/C(=C\c2cccc([N+](=O)[O-])c2)SC1=S. The van der Waals surface area contributed by atoms with Crippen molar-refractivity contribution >= 4 is 51.9 Å². The summed E-state index contributed by atoms with van der Waals surface area (Å²) in [6.07, 6.45) is 1.45. The fraction of sp³-hybridized carbons (Fsp3) is 0.0833. The average molecular weight is 324 g/mol. The first-order valence-corrected chi connectivity index (χ1v) is 6.82. The third kappa shape index (κ3) is 3.44. The second-order valence-electron chi connectivity index (χ2n) is 4.01. The summed E-state index contributed by atoms with van der Waals surface area (Å²) < 4.78 is 0.152. The number of carboxylic acid groups (broad SMARTS) is 1. The molecule has 1 N–H and O–H groups in total. The molecule has 1 heterocycles. The topological polar surface area (TPSA) is 101 Å². The molecule has 9 heteroatoms. The molecule has 21 heavy (non-hydrogen) atoms. The molecule has 2 rings (SSSR count). The van der Waals surface area contributed by atoms with Gasteiger partial charge in [-0.1, -0.05) is 36.1 Å². The van der Waals surface area contributed by atoms with Crippen molar-refractivity contribution < 1.29 is 19.6 Å². The lowest BCUT2D eigenvalue weighted by Gasteiger charge is -2.10. The van der Waals surface area contributed by atoms with Crippen LogP contribution in [0.2, 0.25) is 0 Å². The Hall–Kier alpha value is -2.26. The molecule has 0 bridgehead atoms. The lowest BCUT2D eigenvalue weighted by molar-refractivity contribution is -0.384. The van der Waals surface area contributed by atoms with Crippen molar-refractivity contribution in [1.29, 1.82) is 0 Å². The number of hydrogen-bond acceptors (Lipinski definition) is 6. The Labute approximate surface area is 128 Å². The van der Waals surface area contributed by atoms with Gasteiger partial charge in [-0.2, -0.15) is 0 Å². The molecular formula is C12H8N2O5S2. The smallest absolute Gasteiger partial charge is 0.323 e. The fourth-order valence-corrected chi connectivity index (χ4v) is 2.91. The van der Waals surface area contributed by atoms with Gasteiger partial charge in [-0.15, -0.1) is 0 Å². The minimum absolute atomic E-state index is 0.0928. The van der Waals surface area contributed by atoms with Crippen LogP contribution in [0.15, 0.2) is 29.2 Å². The number of hydrogen-bond donors (Lipinski definition) is 1. The molecule has 0 unspecified atom stereocenters. The predicted molar refractivity (Wildman–Crippen MR) is 80.6 cm³/mol. The summed E-state index contributed by atoms with van der Waals surface area (Å²) in [6.45, 7) is -0.503. The molecule has 1 aliphatic rings. The Morgan fingerprint density at radius 1 is 1.52 bits per heavy atom. The van der Waals surface area contributed by atoms with Crippen LogP contribution >= 0.6 is 24.0 Å². The maximum absolute atomic E-state index is 12.0. The monoisotopic (exact) mass is 324 g/mol. The van der Waals surface area contributed by atoms with E-state index in [0.717, 1.165) is 16.7 Å². The van der Waals surface area contributed by atoms with E-state index in [-0.39, 0.29) is 14.9 Å². The van der Waals surface area contributed by atoms with Crippen LogP contribution in [0.5, 0.6) is 0 Å². The number of carbonyl (C=O) groups excluding carboxylic acids is 1. The van der Waals surface area contributed by atoms with Crippen LogP contribution in [0.3, 0.4) is 0 Å². The van der Waals surface area contributed by atoms with Crippen molar-refractivity contribution in [2.45, 2.75) is 0 Å². The van der Waals surface area contributed by atoms with Gasteiger partial charge in [0.15, 0.2) is 0 Å². The quantitative estimate of drug-likeness (QED) is 0.390. The highest BCUT2D eigenvalue weighted by molar-refractivity contribution is 8.26. The Morgan fingerprint density at radius 2 is 2.24 bits per heavy atom. The van der Waals surface area contributed by atoms with Crippen molar-refractivity contribution in [3.8, 4) is 0 Å². The highest BCUT2D eigenvalue weighted by atomic mass is 32.2. The van der Waals surface area contributed by atoms with Crippen molar-refractivity contribution in [1.82, 2.24) is 4.90 Å². The number of rotatable bonds is 4. The highest BCUT2D eigenvalue weighted by Crippen LogP contribution is 2.32. The Balaban J connectivity index is 2.28. The number of non-ortho nitro benzene ring substituents is 1. The zero-order valence-electron chi connectivity index (χ0n) is 10.4. The number of nitro benzene ring substituents is 1. The van der Waals surface area contributed by atoms with E-state index >= 15 is 0 Å². The number of thiocarbonyl (C=S) groups is 1. The molecular weight excluding hydrogens is 316 g/mol. The van der Waals surface area contributed by atoms with Crippen LogP contribution in [0.1, 0.15) is 5.56 Å². The summed E-state index contributed by atoms with van der Waals surface area (Å²) >= 11 is 5.92. The van der Waals surface area contributed by atoms with Gasteiger partial charge in [-0.25, -0.2) is 0 Å². The maximum atomic E-state index is 12.0. The zero-order valence-corrected chi connectivity index (χ0v) is 12.0. The molecule has 1 aromatic rings. The molecule has 0 aliphatic carbocycles. The molecule has 1 fully saturated rings. The first-order valence-electron chi connectivity index (χ1n) is 5.60. The highest BCUT2D eigenvalue weighted by Gasteiger charge is 2.33. The van der Waals surface area contributed by atoms with Gasteiger partial charge in [0, 0.05) is 12.1 Å². The number of carboxylic acids is 1. The summed E-state index contributed by atoms with van der Waals surface area (Å²) in [7, 11) is 0. The van der Waals surface area contributed by atoms with Crippen molar-refractivity contribution in [3.63, 3.8) is 0 Å². The van der Waals surface area contributed by atoms with E-state index < -0.39 is 23.3 Å². The molecule has 0 spiro atoms. The number of nitro groups is 1. The van der Waals surface area contributed by atoms with Gasteiger partial charge in [0.25, 0.3) is 11.6 Å². The van der Waals surface area contributed by atoms with Crippen LogP contribution in [0, 0.1) is 10.1 Å². The fourth-order valence-electron chi connectivity index (χ4n) is 1.65. The van der Waals surface area contributed by atoms with Crippen LogP contribution in [-0.4, -0.2) is 37.7 Å². The molecule has 0 atom stereocenters. The number of nitrogens with zero attached hydrogens (tertiary/aromatic N) is 2. The second-order valence-corrected chi connectivity index (χ2v) is 5.69. The third-order valence-electron chi connectivity index (χ3n) is 2.55. The van der Waals surface area contributed by atoms with E-state index in [4.69, 9.17) is 17.3 Å². The van der Waals surface area contributed by atoms with Crippen molar-refractivity contribution in [3.05, 3.63) is 44.8 Å². The Bertz CT molecular complexity index is 686. The van der Waals surface area contributed by atoms with E-state index in [1.165, 1.54) is 24.3 Å². The largest absolute Gasteiger partial charge is 0.480 e. The maximum Gasteiger partial charge on any atom is 0.323 e.